The molecule has 16 heavy (non-hydrogen) atoms. The second-order valence-corrected chi connectivity index (χ2v) is 5.25. The third kappa shape index (κ3) is 2.33. The van der Waals surface area contributed by atoms with E-state index in [9.17, 15) is 8.78 Å². The van der Waals surface area contributed by atoms with Crippen molar-refractivity contribution in [2.24, 2.45) is 5.92 Å². The highest BCUT2D eigenvalue weighted by molar-refractivity contribution is 5.17. The van der Waals surface area contributed by atoms with Crippen LogP contribution in [0.3, 0.4) is 0 Å². The molecule has 0 N–H and O–H groups in total. The number of nitrogens with zero attached hydrogens (tertiary/aromatic N) is 1. The Morgan fingerprint density at radius 3 is 2.62 bits per heavy atom. The molecule has 1 atom stereocenters. The first-order valence-corrected chi connectivity index (χ1v) is 5.27. The van der Waals surface area contributed by atoms with Crippen LogP contribution in [0.2, 0.25) is 0 Å². The number of hydrogen-bond donors (Lipinski definition) is 0. The van der Waals surface area contributed by atoms with Gasteiger partial charge in [-0.1, -0.05) is 20.8 Å². The Bertz CT molecular complexity index is 382. The predicted octanol–water partition coefficient (Wildman–Crippen LogP) is 3.01. The number of ether oxygens (including phenoxy) is 1. The summed E-state index contributed by atoms with van der Waals surface area (Å²) in [5.74, 6) is -2.24. The summed E-state index contributed by atoms with van der Waals surface area (Å²) in [6.45, 7) is 5.94. The number of hydrogen-bond acceptors (Lipinski definition) is 3. The third-order valence-electron chi connectivity index (χ3n) is 2.62. The van der Waals surface area contributed by atoms with Crippen LogP contribution in [0.15, 0.2) is 10.6 Å². The highest BCUT2D eigenvalue weighted by atomic mass is 19.3. The molecule has 1 fully saturated rings. The van der Waals surface area contributed by atoms with Gasteiger partial charge in [0.1, 0.15) is 5.76 Å². The Hall–Kier alpha value is -1.13. The SMILES string of the molecule is CC(C)(C)c1cc(OCC2CC2(F)F)no1. The van der Waals surface area contributed by atoms with Crippen LogP contribution in [0.1, 0.15) is 33.0 Å². The van der Waals surface area contributed by atoms with Gasteiger partial charge >= 0.3 is 0 Å². The van der Waals surface area contributed by atoms with E-state index in [1.54, 1.807) is 6.07 Å². The Morgan fingerprint density at radius 2 is 2.19 bits per heavy atom. The first-order chi connectivity index (χ1) is 7.29. The van der Waals surface area contributed by atoms with Crippen LogP contribution in [-0.2, 0) is 5.41 Å². The number of rotatable bonds is 3. The van der Waals surface area contributed by atoms with Crippen LogP contribution in [0, 0.1) is 5.92 Å². The Balaban J connectivity index is 1.89. The lowest BCUT2D eigenvalue weighted by molar-refractivity contribution is 0.0843. The lowest BCUT2D eigenvalue weighted by Crippen LogP contribution is -2.09. The van der Waals surface area contributed by atoms with Crippen LogP contribution in [0.4, 0.5) is 8.78 Å². The zero-order valence-electron chi connectivity index (χ0n) is 9.59. The standard InChI is InChI=1S/C11H15F2NO2/c1-10(2,3)8-4-9(14-16-8)15-6-7-5-11(7,12)13/h4,7H,5-6H2,1-3H3. The molecule has 5 heteroatoms. The van der Waals surface area contributed by atoms with Gasteiger partial charge in [0.15, 0.2) is 0 Å². The van der Waals surface area contributed by atoms with Gasteiger partial charge in [0.2, 0.25) is 0 Å². The van der Waals surface area contributed by atoms with Gasteiger partial charge in [0.25, 0.3) is 11.8 Å². The lowest BCUT2D eigenvalue weighted by Gasteiger charge is -2.11. The first-order valence-electron chi connectivity index (χ1n) is 5.27. The molecule has 0 spiro atoms. The van der Waals surface area contributed by atoms with Gasteiger partial charge in [-0.2, -0.15) is 0 Å². The molecule has 1 aliphatic carbocycles. The maximum absolute atomic E-state index is 12.6. The van der Waals surface area contributed by atoms with Gasteiger partial charge in [0, 0.05) is 17.9 Å². The van der Waals surface area contributed by atoms with E-state index in [0.29, 0.717) is 5.76 Å². The quantitative estimate of drug-likeness (QED) is 0.802. The smallest absolute Gasteiger partial charge is 0.255 e. The van der Waals surface area contributed by atoms with Crippen molar-refractivity contribution in [1.29, 1.82) is 0 Å². The number of aromatic nitrogens is 1. The molecule has 2 rings (SSSR count). The highest BCUT2D eigenvalue weighted by Crippen LogP contribution is 2.48. The van der Waals surface area contributed by atoms with E-state index in [-0.39, 0.29) is 24.3 Å². The normalized spacial score (nSPS) is 23.2. The Morgan fingerprint density at radius 1 is 1.56 bits per heavy atom. The third-order valence-corrected chi connectivity index (χ3v) is 2.62. The van der Waals surface area contributed by atoms with E-state index in [1.807, 2.05) is 20.8 Å². The van der Waals surface area contributed by atoms with Gasteiger partial charge in [-0.05, 0) is 5.16 Å². The molecule has 3 nitrogen and oxygen atoms in total. The van der Waals surface area contributed by atoms with Crippen LogP contribution in [0.5, 0.6) is 5.88 Å². The zero-order chi connectivity index (χ0) is 12.0. The first kappa shape index (κ1) is 11.4. The fraction of sp³-hybridized carbons (Fsp3) is 0.727. The van der Waals surface area contributed by atoms with Gasteiger partial charge in [-0.3, -0.25) is 0 Å². The summed E-state index contributed by atoms with van der Waals surface area (Å²) in [5.41, 5.74) is -0.155. The van der Waals surface area contributed by atoms with Crippen LogP contribution < -0.4 is 4.74 Å². The van der Waals surface area contributed by atoms with Gasteiger partial charge in [-0.25, -0.2) is 8.78 Å². The molecule has 1 aliphatic rings. The van der Waals surface area contributed by atoms with E-state index < -0.39 is 11.8 Å². The summed E-state index contributed by atoms with van der Waals surface area (Å²) < 4.78 is 35.4. The Kier molecular flexibility index (Phi) is 2.44. The van der Waals surface area contributed by atoms with Crippen LogP contribution in [-0.4, -0.2) is 17.7 Å². The molecule has 1 aromatic rings. The molecule has 0 radical (unpaired) electrons. The molecule has 1 heterocycles. The van der Waals surface area contributed by atoms with Crippen molar-refractivity contribution in [1.82, 2.24) is 5.16 Å². The van der Waals surface area contributed by atoms with E-state index in [1.165, 1.54) is 0 Å². The number of alkyl halides is 2. The molecule has 0 aromatic carbocycles. The molecular weight excluding hydrogens is 216 g/mol. The largest absolute Gasteiger partial charge is 0.475 e. The van der Waals surface area contributed by atoms with Crippen molar-refractivity contribution in [3.63, 3.8) is 0 Å². The summed E-state index contributed by atoms with van der Waals surface area (Å²) in [4.78, 5) is 0. The fourth-order valence-electron chi connectivity index (χ4n) is 1.32. The predicted molar refractivity (Wildman–Crippen MR) is 53.8 cm³/mol. The molecule has 1 saturated carbocycles. The molecule has 90 valence electrons. The van der Waals surface area contributed by atoms with Crippen LogP contribution >= 0.6 is 0 Å². The molecular formula is C11H15F2NO2. The summed E-state index contributed by atoms with van der Waals surface area (Å²) in [6.07, 6.45) is -0.0863. The summed E-state index contributed by atoms with van der Waals surface area (Å²) in [5, 5.41) is 3.69. The minimum Gasteiger partial charge on any atom is -0.475 e. The van der Waals surface area contributed by atoms with E-state index in [0.717, 1.165) is 0 Å². The average Bonchev–Trinajstić information content (AvgIpc) is 2.63. The van der Waals surface area contributed by atoms with Gasteiger partial charge in [-0.15, -0.1) is 0 Å². The topological polar surface area (TPSA) is 35.3 Å². The molecule has 0 bridgehead atoms. The maximum Gasteiger partial charge on any atom is 0.255 e. The van der Waals surface area contributed by atoms with Crippen molar-refractivity contribution in [2.75, 3.05) is 6.61 Å². The van der Waals surface area contributed by atoms with E-state index in [2.05, 4.69) is 5.16 Å². The van der Waals surface area contributed by atoms with Gasteiger partial charge < -0.3 is 9.26 Å². The lowest BCUT2D eigenvalue weighted by atomic mass is 9.94. The van der Waals surface area contributed by atoms with Crippen molar-refractivity contribution < 1.29 is 18.0 Å². The minimum atomic E-state index is -2.55. The van der Waals surface area contributed by atoms with Crippen molar-refractivity contribution in [3.8, 4) is 5.88 Å². The van der Waals surface area contributed by atoms with Crippen molar-refractivity contribution in [3.05, 3.63) is 11.8 Å². The average molecular weight is 231 g/mol. The second kappa shape index (κ2) is 3.43. The zero-order valence-corrected chi connectivity index (χ0v) is 9.59. The Labute approximate surface area is 92.8 Å². The molecule has 0 amide bonds. The molecule has 1 unspecified atom stereocenters. The molecule has 1 aromatic heterocycles. The van der Waals surface area contributed by atoms with Crippen molar-refractivity contribution >= 4 is 0 Å². The summed E-state index contributed by atoms with van der Waals surface area (Å²) in [6, 6.07) is 1.65. The second-order valence-electron chi connectivity index (χ2n) is 5.25. The minimum absolute atomic E-state index is 0.00309. The maximum atomic E-state index is 12.6. The van der Waals surface area contributed by atoms with Crippen LogP contribution in [0.25, 0.3) is 0 Å². The highest BCUT2D eigenvalue weighted by Gasteiger charge is 2.57. The van der Waals surface area contributed by atoms with Gasteiger partial charge in [0.05, 0.1) is 12.5 Å². The summed E-state index contributed by atoms with van der Waals surface area (Å²) >= 11 is 0. The molecule has 0 saturated heterocycles. The monoisotopic (exact) mass is 231 g/mol. The van der Waals surface area contributed by atoms with Crippen molar-refractivity contribution in [2.45, 2.75) is 38.5 Å². The van der Waals surface area contributed by atoms with E-state index in [4.69, 9.17) is 9.26 Å². The summed E-state index contributed by atoms with van der Waals surface area (Å²) in [7, 11) is 0. The molecule has 0 aliphatic heterocycles. The number of halogens is 2. The van der Waals surface area contributed by atoms with E-state index >= 15 is 0 Å². The fourth-order valence-corrected chi connectivity index (χ4v) is 1.32.